The van der Waals surface area contributed by atoms with E-state index in [1.165, 1.54) is 0 Å². The van der Waals surface area contributed by atoms with Crippen LogP contribution in [0.25, 0.3) is 0 Å². The predicted molar refractivity (Wildman–Crippen MR) is 120 cm³/mol. The van der Waals surface area contributed by atoms with Crippen LogP contribution in [0, 0.1) is 11.2 Å². The number of carboxylic acid groups (broad SMARTS) is 1. The van der Waals surface area contributed by atoms with Crippen molar-refractivity contribution in [2.45, 2.75) is 84.4 Å². The Hall–Kier alpha value is -0.723. The van der Waals surface area contributed by atoms with Crippen LogP contribution in [0.5, 0.6) is 0 Å². The van der Waals surface area contributed by atoms with Gasteiger partial charge in [-0.2, -0.15) is 0 Å². The van der Waals surface area contributed by atoms with Crippen LogP contribution >= 0.6 is 15.9 Å². The van der Waals surface area contributed by atoms with Gasteiger partial charge in [0.2, 0.25) is 0 Å². The Morgan fingerprint density at radius 3 is 2.21 bits per heavy atom. The zero-order valence-corrected chi connectivity index (χ0v) is 21.2. The van der Waals surface area contributed by atoms with Gasteiger partial charge in [0.1, 0.15) is 5.82 Å². The molecule has 1 unspecified atom stereocenters. The van der Waals surface area contributed by atoms with E-state index in [1.54, 1.807) is 25.1 Å². The first-order valence-corrected chi connectivity index (χ1v) is 13.6. The molecule has 0 fully saturated rings. The molecule has 28 heavy (non-hydrogen) atoms. The van der Waals surface area contributed by atoms with Crippen molar-refractivity contribution in [1.82, 2.24) is 0 Å². The number of hydrogen-bond acceptors (Lipinski definition) is 2. The van der Waals surface area contributed by atoms with E-state index in [1.807, 2.05) is 0 Å². The third kappa shape index (κ3) is 6.14. The summed E-state index contributed by atoms with van der Waals surface area (Å²) in [5, 5.41) is 9.99. The highest BCUT2D eigenvalue weighted by molar-refractivity contribution is 9.10. The summed E-state index contributed by atoms with van der Waals surface area (Å²) in [5.41, 5.74) is -1.10. The quantitative estimate of drug-likeness (QED) is 0.386. The van der Waals surface area contributed by atoms with Gasteiger partial charge in [-0.3, -0.25) is 4.79 Å². The summed E-state index contributed by atoms with van der Waals surface area (Å²) in [4.78, 5) is 12.0. The van der Waals surface area contributed by atoms with Gasteiger partial charge >= 0.3 is 5.97 Å². The largest absolute Gasteiger partial charge is 0.481 e. The van der Waals surface area contributed by atoms with E-state index in [0.29, 0.717) is 23.9 Å². The number of aliphatic carboxylic acids is 1. The van der Waals surface area contributed by atoms with Crippen LogP contribution < -0.4 is 0 Å². The van der Waals surface area contributed by atoms with Gasteiger partial charge in [0, 0.05) is 12.2 Å². The smallest absolute Gasteiger partial charge is 0.313 e. The van der Waals surface area contributed by atoms with E-state index < -0.39 is 25.5 Å². The Morgan fingerprint density at radius 1 is 1.14 bits per heavy atom. The van der Waals surface area contributed by atoms with E-state index in [4.69, 9.17) is 4.43 Å². The van der Waals surface area contributed by atoms with Crippen LogP contribution in [0.4, 0.5) is 4.39 Å². The Labute approximate surface area is 179 Å². The second-order valence-corrected chi connectivity index (χ2v) is 16.0. The molecule has 1 N–H and O–H groups in total. The second kappa shape index (κ2) is 8.96. The molecule has 0 saturated heterocycles. The van der Waals surface area contributed by atoms with Crippen LogP contribution in [0.3, 0.4) is 0 Å². The van der Waals surface area contributed by atoms with Crippen LogP contribution in [0.1, 0.15) is 66.4 Å². The molecule has 0 heterocycles. The summed E-state index contributed by atoms with van der Waals surface area (Å²) in [6.07, 6.45) is 1.88. The SMILES string of the molecule is CC(C)(CCCC(C)(C(=O)O)c1cccc(Br)c1F)CO[Si](C)(C)C(C)(C)C. The van der Waals surface area contributed by atoms with Crippen LogP contribution in [0.15, 0.2) is 22.7 Å². The molecule has 0 saturated carbocycles. The molecule has 6 heteroatoms. The maximum atomic E-state index is 14.6. The Kier molecular flexibility index (Phi) is 8.10. The molecule has 3 nitrogen and oxygen atoms in total. The third-order valence-corrected chi connectivity index (χ3v) is 11.3. The summed E-state index contributed by atoms with van der Waals surface area (Å²) in [7, 11) is -1.82. The normalized spacial score (nSPS) is 15.4. The molecule has 1 aromatic carbocycles. The third-order valence-electron chi connectivity index (χ3n) is 6.18. The lowest BCUT2D eigenvalue weighted by molar-refractivity contribution is -0.143. The molecule has 0 aliphatic carbocycles. The summed E-state index contributed by atoms with van der Waals surface area (Å²) >= 11 is 3.16. The molecular formula is C22H36BrFO3Si. The lowest BCUT2D eigenvalue weighted by Gasteiger charge is -2.39. The maximum absolute atomic E-state index is 14.6. The van der Waals surface area contributed by atoms with Gasteiger partial charge in [0.25, 0.3) is 0 Å². The molecular weight excluding hydrogens is 439 g/mol. The molecule has 0 aliphatic rings. The molecule has 1 rings (SSSR count). The van der Waals surface area contributed by atoms with Gasteiger partial charge in [-0.15, -0.1) is 0 Å². The molecule has 0 amide bonds. The lowest BCUT2D eigenvalue weighted by Crippen LogP contribution is -2.43. The number of hydrogen-bond donors (Lipinski definition) is 1. The van der Waals surface area contributed by atoms with Crippen molar-refractivity contribution in [3.63, 3.8) is 0 Å². The molecule has 0 aliphatic heterocycles. The van der Waals surface area contributed by atoms with Crippen LogP contribution in [0.2, 0.25) is 18.1 Å². The van der Waals surface area contributed by atoms with Crippen molar-refractivity contribution in [2.24, 2.45) is 5.41 Å². The molecule has 0 spiro atoms. The highest BCUT2D eigenvalue weighted by Gasteiger charge is 2.40. The number of halogens is 2. The minimum Gasteiger partial charge on any atom is -0.481 e. The van der Waals surface area contributed by atoms with Gasteiger partial charge in [-0.25, -0.2) is 4.39 Å². The topological polar surface area (TPSA) is 46.5 Å². The Bertz CT molecular complexity index is 698. The summed E-state index contributed by atoms with van der Waals surface area (Å²) < 4.78 is 21.2. The molecule has 0 aromatic heterocycles. The zero-order chi connectivity index (χ0) is 22.0. The van der Waals surface area contributed by atoms with E-state index in [0.717, 1.165) is 6.42 Å². The summed E-state index contributed by atoms with van der Waals surface area (Å²) in [5.74, 6) is -1.49. The number of rotatable bonds is 9. The second-order valence-electron chi connectivity index (χ2n) is 10.3. The monoisotopic (exact) mass is 474 g/mol. The maximum Gasteiger partial charge on any atom is 0.313 e. The van der Waals surface area contributed by atoms with Crippen molar-refractivity contribution >= 4 is 30.2 Å². The van der Waals surface area contributed by atoms with Gasteiger partial charge in [0.15, 0.2) is 8.32 Å². The van der Waals surface area contributed by atoms with Crippen molar-refractivity contribution in [3.05, 3.63) is 34.1 Å². The first kappa shape index (κ1) is 25.3. The zero-order valence-electron chi connectivity index (χ0n) is 18.6. The predicted octanol–water partition coefficient (Wildman–Crippen LogP) is 7.15. The highest BCUT2D eigenvalue weighted by atomic mass is 79.9. The first-order chi connectivity index (χ1) is 12.5. The van der Waals surface area contributed by atoms with Gasteiger partial charge in [-0.05, 0) is 65.3 Å². The molecule has 0 radical (unpaired) electrons. The van der Waals surface area contributed by atoms with Crippen LogP contribution in [-0.4, -0.2) is 26.0 Å². The van der Waals surface area contributed by atoms with Gasteiger partial charge < -0.3 is 9.53 Å². The van der Waals surface area contributed by atoms with E-state index in [9.17, 15) is 14.3 Å². The Morgan fingerprint density at radius 2 is 1.71 bits per heavy atom. The van der Waals surface area contributed by atoms with E-state index >= 15 is 0 Å². The molecule has 1 aromatic rings. The first-order valence-electron chi connectivity index (χ1n) is 9.85. The molecule has 0 bridgehead atoms. The number of carboxylic acids is 1. The van der Waals surface area contributed by atoms with Crippen molar-refractivity contribution in [1.29, 1.82) is 0 Å². The van der Waals surface area contributed by atoms with Gasteiger partial charge in [-0.1, -0.05) is 53.2 Å². The van der Waals surface area contributed by atoms with E-state index in [-0.39, 0.29) is 16.0 Å². The lowest BCUT2D eigenvalue weighted by atomic mass is 9.76. The average molecular weight is 476 g/mol. The van der Waals surface area contributed by atoms with Crippen LogP contribution in [-0.2, 0) is 14.6 Å². The average Bonchev–Trinajstić information content (AvgIpc) is 2.54. The highest BCUT2D eigenvalue weighted by Crippen LogP contribution is 2.39. The summed E-state index contributed by atoms with van der Waals surface area (Å²) in [6, 6.07) is 4.84. The molecule has 1 atom stereocenters. The summed E-state index contributed by atoms with van der Waals surface area (Å²) in [6.45, 7) is 17.7. The standard InChI is InChI=1S/C22H36BrFO3Si/c1-20(2,3)28(7,8)27-15-21(4,5)13-10-14-22(6,19(25)26)16-11-9-12-17(23)18(16)24/h9,11-12H,10,13-15H2,1-8H3,(H,25,26). The fraction of sp³-hybridized carbons (Fsp3) is 0.682. The van der Waals surface area contributed by atoms with Crippen molar-refractivity contribution in [3.8, 4) is 0 Å². The van der Waals surface area contributed by atoms with Crippen molar-refractivity contribution < 1.29 is 18.7 Å². The van der Waals surface area contributed by atoms with E-state index in [2.05, 4.69) is 63.6 Å². The minimum absolute atomic E-state index is 0.0647. The fourth-order valence-corrected chi connectivity index (χ4v) is 4.42. The van der Waals surface area contributed by atoms with Crippen molar-refractivity contribution in [2.75, 3.05) is 6.61 Å². The number of benzene rings is 1. The minimum atomic E-state index is -1.82. The van der Waals surface area contributed by atoms with Gasteiger partial charge in [0.05, 0.1) is 9.89 Å². The number of carbonyl (C=O) groups is 1. The Balaban J connectivity index is 2.82. The molecule has 160 valence electrons. The fourth-order valence-electron chi connectivity index (χ4n) is 2.87.